The number of halogens is 3. The van der Waals surface area contributed by atoms with E-state index in [0.29, 0.717) is 11.6 Å². The Kier molecular flexibility index (Phi) is 7.08. The maximum Gasteiger partial charge on any atom is 0.433 e. The number of anilines is 2. The lowest BCUT2D eigenvalue weighted by molar-refractivity contribution is -0.325. The molecule has 0 aliphatic carbocycles. The third kappa shape index (κ3) is 6.49. The number of nitrogens with zero attached hydrogens (tertiary/aromatic N) is 4. The number of hydrogen-bond donors (Lipinski definition) is 6. The van der Waals surface area contributed by atoms with Gasteiger partial charge in [-0.15, -0.1) is 0 Å². The Morgan fingerprint density at radius 2 is 1.67 bits per heavy atom. The van der Waals surface area contributed by atoms with E-state index < -0.39 is 35.0 Å². The van der Waals surface area contributed by atoms with E-state index in [4.69, 9.17) is 15.7 Å². The predicted molar refractivity (Wildman–Crippen MR) is 133 cm³/mol. The smallest absolute Gasteiger partial charge is 0.390 e. The first kappa shape index (κ1) is 27.9. The highest BCUT2D eigenvalue weighted by Gasteiger charge is 2.33. The van der Waals surface area contributed by atoms with Gasteiger partial charge in [-0.05, 0) is 48.4 Å². The molecule has 196 valence electrons. The maximum atomic E-state index is 13.0. The number of hydrogen-bond acceptors (Lipinski definition) is 10. The molecule has 16 heteroatoms. The van der Waals surface area contributed by atoms with E-state index in [0.717, 1.165) is 12.3 Å². The topological polar surface area (TPSA) is 174 Å². The van der Waals surface area contributed by atoms with E-state index in [1.54, 1.807) is 13.0 Å². The molecule has 11 nitrogen and oxygen atoms in total. The Morgan fingerprint density at radius 3 is 2.31 bits per heavy atom. The van der Waals surface area contributed by atoms with Gasteiger partial charge in [0.25, 0.3) is 5.91 Å². The number of aryl methyl sites for hydroxylation is 1. The molecule has 4 rings (SSSR count). The molecule has 3 aromatic heterocycles. The van der Waals surface area contributed by atoms with Gasteiger partial charge in [0.2, 0.25) is 5.95 Å². The molecular formula is C23H17B2F3N6O5. The van der Waals surface area contributed by atoms with E-state index in [1.807, 2.05) is 0 Å². The van der Waals surface area contributed by atoms with Crippen LogP contribution in [0.15, 0.2) is 48.8 Å². The first-order valence-corrected chi connectivity index (χ1v) is 10.9. The van der Waals surface area contributed by atoms with Crippen LogP contribution in [0.3, 0.4) is 0 Å². The molecule has 0 saturated heterocycles. The maximum absolute atomic E-state index is 13.0. The first-order valence-electron chi connectivity index (χ1n) is 10.9. The van der Waals surface area contributed by atoms with Crippen LogP contribution < -0.4 is 10.6 Å². The number of nitrogens with one attached hydrogen (secondary N) is 2. The first-order chi connectivity index (χ1) is 18.0. The Morgan fingerprint density at radius 1 is 0.949 bits per heavy atom. The Hall–Kier alpha value is -4.11. The van der Waals surface area contributed by atoms with E-state index in [1.165, 1.54) is 24.4 Å². The molecule has 1 amide bonds. The fourth-order valence-corrected chi connectivity index (χ4v) is 3.58. The van der Waals surface area contributed by atoms with Gasteiger partial charge in [-0.25, -0.2) is 9.97 Å². The van der Waals surface area contributed by atoms with Gasteiger partial charge in [0.05, 0.1) is 0 Å². The number of benzene rings is 1. The number of pyridine rings is 2. The number of amides is 1. The minimum atomic E-state index is -4.74. The van der Waals surface area contributed by atoms with Crippen molar-refractivity contribution in [1.82, 2.24) is 19.9 Å². The molecule has 0 atom stereocenters. The van der Waals surface area contributed by atoms with Crippen molar-refractivity contribution in [3.8, 4) is 11.1 Å². The summed E-state index contributed by atoms with van der Waals surface area (Å²) in [5.41, 5.74) is -3.73. The molecule has 6 N–H and O–H groups in total. The van der Waals surface area contributed by atoms with Gasteiger partial charge < -0.3 is 31.1 Å². The summed E-state index contributed by atoms with van der Waals surface area (Å²) < 4.78 is 39.0. The van der Waals surface area contributed by atoms with Crippen molar-refractivity contribution >= 4 is 44.3 Å². The third-order valence-electron chi connectivity index (χ3n) is 5.30. The van der Waals surface area contributed by atoms with Crippen LogP contribution in [-0.4, -0.2) is 67.5 Å². The summed E-state index contributed by atoms with van der Waals surface area (Å²) >= 11 is 0. The number of alkyl halides is 3. The summed E-state index contributed by atoms with van der Waals surface area (Å²) in [5.74, 6) is -4.56. The second kappa shape index (κ2) is 9.89. The summed E-state index contributed by atoms with van der Waals surface area (Å²) in [7, 11) is 10.5. The zero-order chi connectivity index (χ0) is 28.8. The minimum Gasteiger partial charge on any atom is -0.390 e. The SMILES string of the molecule is [B]C([B])(O)Nc1ncc2cc(-c3cc(NC(=O)c4ccnc(C(F)(F)F)c4)ccc3C)c(C(O)(O)O)nc2n1. The molecule has 1 aromatic carbocycles. The predicted octanol–water partition coefficient (Wildman–Crippen LogP) is 1.11. The van der Waals surface area contributed by atoms with E-state index in [9.17, 15) is 38.4 Å². The second-order valence-electron chi connectivity index (χ2n) is 8.49. The highest BCUT2D eigenvalue weighted by atomic mass is 19.4. The van der Waals surface area contributed by atoms with Crippen molar-refractivity contribution in [2.24, 2.45) is 0 Å². The molecule has 39 heavy (non-hydrogen) atoms. The fraction of sp³-hybridized carbons (Fsp3) is 0.174. The zero-order valence-electron chi connectivity index (χ0n) is 19.9. The molecule has 0 aliphatic heterocycles. The number of fused-ring (bicyclic) bond motifs is 1. The Balaban J connectivity index is 1.75. The van der Waals surface area contributed by atoms with Gasteiger partial charge in [-0.2, -0.15) is 18.2 Å². The summed E-state index contributed by atoms with van der Waals surface area (Å²) in [4.78, 5) is 27.8. The van der Waals surface area contributed by atoms with Crippen LogP contribution in [0.5, 0.6) is 0 Å². The van der Waals surface area contributed by atoms with Crippen molar-refractivity contribution in [2.45, 2.75) is 24.6 Å². The normalized spacial score (nSPS) is 12.4. The van der Waals surface area contributed by atoms with Gasteiger partial charge in [-0.3, -0.25) is 9.78 Å². The quantitative estimate of drug-likeness (QED) is 0.155. The molecule has 3 heterocycles. The van der Waals surface area contributed by atoms with Crippen LogP contribution in [0, 0.1) is 6.92 Å². The third-order valence-corrected chi connectivity index (χ3v) is 5.30. The zero-order valence-corrected chi connectivity index (χ0v) is 19.9. The number of rotatable bonds is 6. The van der Waals surface area contributed by atoms with Gasteiger partial charge in [-0.1, -0.05) is 6.07 Å². The highest BCUT2D eigenvalue weighted by molar-refractivity contribution is 6.39. The molecule has 0 aliphatic rings. The van der Waals surface area contributed by atoms with Crippen LogP contribution in [0.4, 0.5) is 24.8 Å². The minimum absolute atomic E-state index is 0.00494. The van der Waals surface area contributed by atoms with E-state index in [2.05, 4.69) is 30.6 Å². The van der Waals surface area contributed by atoms with Crippen LogP contribution >= 0.6 is 0 Å². The van der Waals surface area contributed by atoms with Crippen LogP contribution in [0.25, 0.3) is 22.2 Å². The lowest BCUT2D eigenvalue weighted by Crippen LogP contribution is -2.39. The average Bonchev–Trinajstić information content (AvgIpc) is 2.82. The van der Waals surface area contributed by atoms with Gasteiger partial charge in [0.15, 0.2) is 5.65 Å². The Bertz CT molecular complexity index is 1580. The number of aliphatic hydroxyl groups is 4. The lowest BCUT2D eigenvalue weighted by Gasteiger charge is -2.21. The molecule has 4 aromatic rings. The summed E-state index contributed by atoms with van der Waals surface area (Å²) in [6, 6.07) is 7.52. The number of aromatic nitrogens is 4. The molecule has 4 radical (unpaired) electrons. The largest absolute Gasteiger partial charge is 0.433 e. The Labute approximate surface area is 220 Å². The van der Waals surface area contributed by atoms with Crippen molar-refractivity contribution in [2.75, 3.05) is 10.6 Å². The fourth-order valence-electron chi connectivity index (χ4n) is 3.58. The summed E-state index contributed by atoms with van der Waals surface area (Å²) in [6.45, 7) is 1.65. The molecule has 0 bridgehead atoms. The van der Waals surface area contributed by atoms with Crippen LogP contribution in [-0.2, 0) is 12.1 Å². The summed E-state index contributed by atoms with van der Waals surface area (Å²) in [6.07, 6.45) is -2.62. The monoisotopic (exact) mass is 536 g/mol. The molecule has 0 unspecified atom stereocenters. The second-order valence-corrected chi connectivity index (χ2v) is 8.49. The van der Waals surface area contributed by atoms with Crippen molar-refractivity contribution in [1.29, 1.82) is 0 Å². The van der Waals surface area contributed by atoms with Gasteiger partial charge >= 0.3 is 12.1 Å². The van der Waals surface area contributed by atoms with E-state index >= 15 is 0 Å². The molecule has 0 fully saturated rings. The summed E-state index contributed by atoms with van der Waals surface area (Å²) in [5, 5.41) is 44.5. The van der Waals surface area contributed by atoms with Crippen molar-refractivity contribution < 1.29 is 38.4 Å². The number of carbonyl (C=O) groups is 1. The van der Waals surface area contributed by atoms with Crippen molar-refractivity contribution in [3.63, 3.8) is 0 Å². The van der Waals surface area contributed by atoms with Gasteiger partial charge in [0.1, 0.15) is 27.1 Å². The van der Waals surface area contributed by atoms with Gasteiger partial charge in [0, 0.05) is 40.1 Å². The lowest BCUT2D eigenvalue weighted by atomic mass is 9.73. The molecular weight excluding hydrogens is 519 g/mol. The van der Waals surface area contributed by atoms with Crippen LogP contribution in [0.1, 0.15) is 27.3 Å². The van der Waals surface area contributed by atoms with Crippen molar-refractivity contribution in [3.05, 3.63) is 71.3 Å². The molecule has 0 spiro atoms. The highest BCUT2D eigenvalue weighted by Crippen LogP contribution is 2.35. The molecule has 0 saturated carbocycles. The van der Waals surface area contributed by atoms with Crippen LogP contribution in [0.2, 0.25) is 0 Å². The standard InChI is InChI=1S/C23H17B2F3N6O5/c1-10-2-3-13(31-19(35)11-4-5-29-16(7-11)21(26,27)28)8-14(10)15-6-12-9-30-20(34-23(24,25)39)33-18(12)32-17(15)22(36,37)38/h2-9,36-39H,1H3,(H,31,35)(H,30,32,33,34). The number of carbonyl (C=O) groups excluding carboxylic acids is 1. The average molecular weight is 536 g/mol. The van der Waals surface area contributed by atoms with E-state index in [-0.39, 0.29) is 39.4 Å².